The average molecular weight is 425 g/mol. The molecule has 166 valence electrons. The molecule has 0 amide bonds. The zero-order chi connectivity index (χ0) is 22.2. The number of hydrogen-bond donors (Lipinski definition) is 5. The Morgan fingerprint density at radius 1 is 1.45 bits per heavy atom. The standard InChI is InChI=1S/C20H27N5O2.C3H5N/c1-3-6-27-11-21-10-13-8-16-17(9-18(13)26)23-20(22-16)19-14-7-12(2)4-5-15(14)24-25-19;1-2-3-4/h8-9,12,21,26H,3-7,10-11H2,1-2H3,(H,22,23)(H,24,25);3H,1,4H2. The minimum Gasteiger partial charge on any atom is -0.508 e. The number of phenols is 1. The summed E-state index contributed by atoms with van der Waals surface area (Å²) in [6, 6.07) is 3.65. The molecule has 0 fully saturated rings. The molecule has 0 saturated heterocycles. The molecule has 2 aromatic heterocycles. The molecule has 1 aliphatic rings. The lowest BCUT2D eigenvalue weighted by Crippen LogP contribution is -2.17. The highest BCUT2D eigenvalue weighted by Gasteiger charge is 2.23. The molecule has 0 aliphatic heterocycles. The Bertz CT molecular complexity index is 1050. The second kappa shape index (κ2) is 10.8. The summed E-state index contributed by atoms with van der Waals surface area (Å²) in [5.74, 6) is 1.66. The van der Waals surface area contributed by atoms with Crippen molar-refractivity contribution in [3.05, 3.63) is 47.5 Å². The van der Waals surface area contributed by atoms with Gasteiger partial charge in [-0.05, 0) is 37.7 Å². The number of ether oxygens (including phenoxy) is 1. The first-order chi connectivity index (χ1) is 15.1. The van der Waals surface area contributed by atoms with Crippen molar-refractivity contribution in [1.29, 1.82) is 0 Å². The smallest absolute Gasteiger partial charge is 0.159 e. The average Bonchev–Trinajstić information content (AvgIpc) is 3.36. The fraction of sp³-hybridized carbons (Fsp3) is 0.435. The molecule has 1 unspecified atom stereocenters. The number of aryl methyl sites for hydroxylation is 1. The molecule has 2 heterocycles. The maximum atomic E-state index is 10.3. The summed E-state index contributed by atoms with van der Waals surface area (Å²) < 4.78 is 5.42. The van der Waals surface area contributed by atoms with Gasteiger partial charge in [0.2, 0.25) is 0 Å². The van der Waals surface area contributed by atoms with E-state index in [9.17, 15) is 5.11 Å². The highest BCUT2D eigenvalue weighted by molar-refractivity contribution is 5.81. The Morgan fingerprint density at radius 3 is 3.00 bits per heavy atom. The molecule has 0 spiro atoms. The van der Waals surface area contributed by atoms with Gasteiger partial charge in [-0.3, -0.25) is 10.4 Å². The topological polar surface area (TPSA) is 125 Å². The fourth-order valence-corrected chi connectivity index (χ4v) is 3.68. The molecule has 6 N–H and O–H groups in total. The molecule has 1 atom stereocenters. The van der Waals surface area contributed by atoms with Gasteiger partial charge >= 0.3 is 0 Å². The fourth-order valence-electron chi connectivity index (χ4n) is 3.68. The Hall–Kier alpha value is -3.06. The van der Waals surface area contributed by atoms with Gasteiger partial charge in [0.15, 0.2) is 5.82 Å². The van der Waals surface area contributed by atoms with Crippen molar-refractivity contribution in [2.24, 2.45) is 11.7 Å². The van der Waals surface area contributed by atoms with Crippen molar-refractivity contribution in [2.45, 2.75) is 46.1 Å². The van der Waals surface area contributed by atoms with E-state index < -0.39 is 0 Å². The van der Waals surface area contributed by atoms with Crippen LogP contribution in [0.3, 0.4) is 0 Å². The number of rotatable bonds is 7. The van der Waals surface area contributed by atoms with Crippen LogP contribution in [0.5, 0.6) is 5.75 Å². The minimum absolute atomic E-state index is 0.237. The van der Waals surface area contributed by atoms with Crippen LogP contribution in [0.2, 0.25) is 0 Å². The summed E-state index contributed by atoms with van der Waals surface area (Å²) in [5.41, 5.74) is 12.9. The van der Waals surface area contributed by atoms with E-state index in [-0.39, 0.29) is 5.75 Å². The molecule has 3 aromatic rings. The Morgan fingerprint density at radius 2 is 2.26 bits per heavy atom. The third kappa shape index (κ3) is 5.55. The third-order valence-electron chi connectivity index (χ3n) is 5.28. The van der Waals surface area contributed by atoms with Crippen molar-refractivity contribution in [3.8, 4) is 17.3 Å². The Balaban J connectivity index is 0.000000628. The van der Waals surface area contributed by atoms with Gasteiger partial charge in [-0.2, -0.15) is 5.10 Å². The molecule has 1 aromatic carbocycles. The summed E-state index contributed by atoms with van der Waals surface area (Å²) in [6.07, 6.45) is 5.52. The van der Waals surface area contributed by atoms with Crippen LogP contribution in [-0.4, -0.2) is 38.6 Å². The number of aromatic amines is 2. The quantitative estimate of drug-likeness (QED) is 0.225. The zero-order valence-corrected chi connectivity index (χ0v) is 18.3. The summed E-state index contributed by atoms with van der Waals surface area (Å²) in [4.78, 5) is 8.05. The van der Waals surface area contributed by atoms with Gasteiger partial charge in [-0.1, -0.05) is 20.4 Å². The van der Waals surface area contributed by atoms with E-state index in [2.05, 4.69) is 51.6 Å². The lowest BCUT2D eigenvalue weighted by Gasteiger charge is -2.17. The van der Waals surface area contributed by atoms with Crippen molar-refractivity contribution in [3.63, 3.8) is 0 Å². The van der Waals surface area contributed by atoms with Crippen LogP contribution in [0.25, 0.3) is 22.6 Å². The Labute approximate surface area is 182 Å². The summed E-state index contributed by atoms with van der Waals surface area (Å²) in [7, 11) is 0. The van der Waals surface area contributed by atoms with Crippen LogP contribution in [-0.2, 0) is 24.1 Å². The van der Waals surface area contributed by atoms with E-state index in [1.165, 1.54) is 23.9 Å². The van der Waals surface area contributed by atoms with E-state index >= 15 is 0 Å². The highest BCUT2D eigenvalue weighted by atomic mass is 16.5. The predicted molar refractivity (Wildman–Crippen MR) is 122 cm³/mol. The molecule has 0 saturated carbocycles. The van der Waals surface area contributed by atoms with Gasteiger partial charge < -0.3 is 20.6 Å². The number of aromatic nitrogens is 4. The lowest BCUT2D eigenvalue weighted by atomic mass is 9.88. The SMILES string of the molecule is C=C=CN.CCCOCNCc1cc2[nH]c(-c3n[nH]c4c3CC(C)CC4)nc2cc1O. The van der Waals surface area contributed by atoms with Crippen molar-refractivity contribution < 1.29 is 9.84 Å². The molecule has 0 bridgehead atoms. The second-order valence-electron chi connectivity index (χ2n) is 7.81. The maximum Gasteiger partial charge on any atom is 0.159 e. The second-order valence-corrected chi connectivity index (χ2v) is 7.81. The maximum absolute atomic E-state index is 10.3. The molecule has 1 aliphatic carbocycles. The number of hydrogen-bond acceptors (Lipinski definition) is 6. The highest BCUT2D eigenvalue weighted by Crippen LogP contribution is 2.32. The number of nitrogens with one attached hydrogen (secondary N) is 3. The lowest BCUT2D eigenvalue weighted by molar-refractivity contribution is 0.116. The van der Waals surface area contributed by atoms with E-state index in [1.54, 1.807) is 6.07 Å². The molecule has 31 heavy (non-hydrogen) atoms. The van der Waals surface area contributed by atoms with Gasteiger partial charge in [0, 0.05) is 42.2 Å². The predicted octanol–water partition coefficient (Wildman–Crippen LogP) is 3.50. The van der Waals surface area contributed by atoms with Gasteiger partial charge in [0.25, 0.3) is 0 Å². The van der Waals surface area contributed by atoms with Gasteiger partial charge in [-0.15, -0.1) is 5.73 Å². The van der Waals surface area contributed by atoms with Crippen molar-refractivity contribution in [2.75, 3.05) is 13.3 Å². The van der Waals surface area contributed by atoms with Crippen LogP contribution in [0.1, 0.15) is 43.5 Å². The van der Waals surface area contributed by atoms with Crippen molar-refractivity contribution >= 4 is 11.0 Å². The van der Waals surface area contributed by atoms with Crippen LogP contribution in [0, 0.1) is 5.92 Å². The number of fused-ring (bicyclic) bond motifs is 2. The van der Waals surface area contributed by atoms with Gasteiger partial charge in [0.05, 0.1) is 17.8 Å². The number of phenolic OH excluding ortho intramolecular Hbond substituents is 1. The number of nitrogens with zero attached hydrogens (tertiary/aromatic N) is 2. The van der Waals surface area contributed by atoms with E-state index in [1.807, 2.05) is 6.07 Å². The van der Waals surface area contributed by atoms with Crippen LogP contribution in [0.4, 0.5) is 0 Å². The Kier molecular flexibility index (Phi) is 7.89. The van der Waals surface area contributed by atoms with E-state index in [0.717, 1.165) is 54.0 Å². The van der Waals surface area contributed by atoms with E-state index in [4.69, 9.17) is 10.5 Å². The van der Waals surface area contributed by atoms with Crippen LogP contribution in [0.15, 0.2) is 30.6 Å². The van der Waals surface area contributed by atoms with E-state index in [0.29, 0.717) is 19.2 Å². The van der Waals surface area contributed by atoms with Crippen LogP contribution < -0.4 is 11.1 Å². The number of benzene rings is 1. The normalized spacial score (nSPS) is 15.1. The third-order valence-corrected chi connectivity index (χ3v) is 5.28. The first-order valence-electron chi connectivity index (χ1n) is 10.7. The molecule has 0 radical (unpaired) electrons. The zero-order valence-electron chi connectivity index (χ0n) is 18.3. The molecular weight excluding hydrogens is 392 g/mol. The molecular formula is C23H32N6O2. The first kappa shape index (κ1) is 22.6. The number of imidazole rings is 1. The molecule has 8 heteroatoms. The molecule has 4 rings (SSSR count). The largest absolute Gasteiger partial charge is 0.508 e. The summed E-state index contributed by atoms with van der Waals surface area (Å²) in [5, 5.41) is 21.2. The number of nitrogens with two attached hydrogens (primary N) is 1. The van der Waals surface area contributed by atoms with Gasteiger partial charge in [0.1, 0.15) is 11.4 Å². The number of H-pyrrole nitrogens is 2. The number of aromatic hydroxyl groups is 1. The monoisotopic (exact) mass is 424 g/mol. The minimum atomic E-state index is 0.237. The first-order valence-corrected chi connectivity index (χ1v) is 10.7. The summed E-state index contributed by atoms with van der Waals surface area (Å²) >= 11 is 0. The van der Waals surface area contributed by atoms with Gasteiger partial charge in [-0.25, -0.2) is 4.98 Å². The van der Waals surface area contributed by atoms with Crippen molar-refractivity contribution in [1.82, 2.24) is 25.5 Å². The summed E-state index contributed by atoms with van der Waals surface area (Å²) in [6.45, 7) is 9.26. The van der Waals surface area contributed by atoms with Crippen LogP contribution >= 0.6 is 0 Å². The molecule has 8 nitrogen and oxygen atoms in total.